The van der Waals surface area contributed by atoms with Gasteiger partial charge in [-0.3, -0.25) is 4.79 Å². The number of nitrogens with two attached hydrogens (primary N) is 2. The molecule has 0 aliphatic heterocycles. The van der Waals surface area contributed by atoms with E-state index >= 15 is 0 Å². The summed E-state index contributed by atoms with van der Waals surface area (Å²) in [6.07, 6.45) is 4.73. The van der Waals surface area contributed by atoms with Crippen molar-refractivity contribution in [3.8, 4) is 11.5 Å². The molecular weight excluding hydrogens is 256 g/mol. The van der Waals surface area contributed by atoms with Gasteiger partial charge < -0.3 is 20.9 Å². The zero-order valence-electron chi connectivity index (χ0n) is 11.8. The van der Waals surface area contributed by atoms with Crippen LogP contribution in [0.25, 0.3) is 0 Å². The molecule has 0 aromatic heterocycles. The lowest BCUT2D eigenvalue weighted by molar-refractivity contribution is -0.119. The fourth-order valence-corrected chi connectivity index (χ4v) is 2.60. The average Bonchev–Trinajstić information content (AvgIpc) is 2.92. The predicted molar refractivity (Wildman–Crippen MR) is 76.9 cm³/mol. The van der Waals surface area contributed by atoms with Crippen LogP contribution in [-0.4, -0.2) is 25.7 Å². The van der Waals surface area contributed by atoms with Crippen LogP contribution in [0.3, 0.4) is 0 Å². The van der Waals surface area contributed by atoms with Crippen LogP contribution in [0.15, 0.2) is 18.2 Å². The molecule has 0 bridgehead atoms. The van der Waals surface area contributed by atoms with E-state index in [1.54, 1.807) is 13.2 Å². The van der Waals surface area contributed by atoms with Gasteiger partial charge in [-0.1, -0.05) is 6.07 Å². The van der Waals surface area contributed by atoms with Gasteiger partial charge in [-0.05, 0) is 43.4 Å². The van der Waals surface area contributed by atoms with Crippen molar-refractivity contribution in [1.29, 1.82) is 0 Å². The highest BCUT2D eigenvalue weighted by Crippen LogP contribution is 2.34. The number of ether oxygens (including phenoxy) is 2. The standard InChI is InChI=1S/C15H22N2O3/c1-19-13-7-6-10(12(9-16)15(17)18)8-14(13)20-11-4-2-3-5-11/h6-8,11-12H,2-5,9,16H2,1H3,(H2,17,18). The van der Waals surface area contributed by atoms with Crippen LogP contribution in [0.5, 0.6) is 11.5 Å². The third-order valence-corrected chi connectivity index (χ3v) is 3.77. The lowest BCUT2D eigenvalue weighted by Gasteiger charge is -2.18. The number of primary amides is 1. The summed E-state index contributed by atoms with van der Waals surface area (Å²) in [4.78, 5) is 11.4. The predicted octanol–water partition coefficient (Wildman–Crippen LogP) is 1.54. The fraction of sp³-hybridized carbons (Fsp3) is 0.533. The topological polar surface area (TPSA) is 87.6 Å². The molecule has 1 saturated carbocycles. The summed E-state index contributed by atoms with van der Waals surface area (Å²) in [5, 5.41) is 0. The summed E-state index contributed by atoms with van der Waals surface area (Å²) in [6.45, 7) is 0.185. The first-order valence-corrected chi connectivity index (χ1v) is 6.99. The molecular formula is C15H22N2O3. The maximum absolute atomic E-state index is 11.4. The summed E-state index contributed by atoms with van der Waals surface area (Å²) in [6, 6.07) is 5.42. The first-order chi connectivity index (χ1) is 9.65. The number of benzene rings is 1. The van der Waals surface area contributed by atoms with Crippen molar-refractivity contribution >= 4 is 5.91 Å². The molecule has 5 heteroatoms. The molecule has 5 nitrogen and oxygen atoms in total. The minimum Gasteiger partial charge on any atom is -0.493 e. The second-order valence-corrected chi connectivity index (χ2v) is 5.13. The summed E-state index contributed by atoms with van der Waals surface area (Å²) >= 11 is 0. The monoisotopic (exact) mass is 278 g/mol. The van der Waals surface area contributed by atoms with Gasteiger partial charge in [0.2, 0.25) is 5.91 Å². The maximum Gasteiger partial charge on any atom is 0.226 e. The second-order valence-electron chi connectivity index (χ2n) is 5.13. The summed E-state index contributed by atoms with van der Waals surface area (Å²) < 4.78 is 11.3. The van der Waals surface area contributed by atoms with E-state index in [4.69, 9.17) is 20.9 Å². The van der Waals surface area contributed by atoms with Gasteiger partial charge in [0.1, 0.15) is 0 Å². The van der Waals surface area contributed by atoms with Crippen LogP contribution in [-0.2, 0) is 4.79 Å². The molecule has 110 valence electrons. The van der Waals surface area contributed by atoms with Crippen LogP contribution in [0.4, 0.5) is 0 Å². The van der Waals surface area contributed by atoms with Crippen LogP contribution >= 0.6 is 0 Å². The summed E-state index contributed by atoms with van der Waals surface area (Å²) in [5.74, 6) is 0.411. The number of hydrogen-bond acceptors (Lipinski definition) is 4. The Bertz CT molecular complexity index is 470. The number of carbonyl (C=O) groups is 1. The molecule has 0 heterocycles. The van der Waals surface area contributed by atoms with Gasteiger partial charge in [0.05, 0.1) is 19.1 Å². The van der Waals surface area contributed by atoms with Crippen molar-refractivity contribution in [2.45, 2.75) is 37.7 Å². The highest BCUT2D eigenvalue weighted by molar-refractivity contribution is 5.82. The van der Waals surface area contributed by atoms with Crippen molar-refractivity contribution in [3.05, 3.63) is 23.8 Å². The molecule has 1 atom stereocenters. The minimum absolute atomic E-state index is 0.185. The molecule has 0 saturated heterocycles. The van der Waals surface area contributed by atoms with Crippen molar-refractivity contribution in [2.24, 2.45) is 11.5 Å². The SMILES string of the molecule is COc1ccc(C(CN)C(N)=O)cc1OC1CCCC1. The van der Waals surface area contributed by atoms with Crippen LogP contribution in [0.1, 0.15) is 37.2 Å². The number of hydrogen-bond donors (Lipinski definition) is 2. The Balaban J connectivity index is 2.25. The minimum atomic E-state index is -0.494. The number of carbonyl (C=O) groups excluding carboxylic acids is 1. The van der Waals surface area contributed by atoms with Crippen LogP contribution in [0.2, 0.25) is 0 Å². The average molecular weight is 278 g/mol. The molecule has 2 rings (SSSR count). The second kappa shape index (κ2) is 6.61. The van der Waals surface area contributed by atoms with E-state index in [-0.39, 0.29) is 12.6 Å². The van der Waals surface area contributed by atoms with E-state index < -0.39 is 11.8 Å². The third-order valence-electron chi connectivity index (χ3n) is 3.77. The first-order valence-electron chi connectivity index (χ1n) is 6.99. The van der Waals surface area contributed by atoms with Gasteiger partial charge >= 0.3 is 0 Å². The molecule has 0 spiro atoms. The van der Waals surface area contributed by atoms with E-state index in [0.29, 0.717) is 11.5 Å². The number of methoxy groups -OCH3 is 1. The molecule has 20 heavy (non-hydrogen) atoms. The molecule has 1 aliphatic carbocycles. The van der Waals surface area contributed by atoms with E-state index in [1.165, 1.54) is 12.8 Å². The van der Waals surface area contributed by atoms with Crippen molar-refractivity contribution in [3.63, 3.8) is 0 Å². The molecule has 1 aromatic carbocycles. The smallest absolute Gasteiger partial charge is 0.226 e. The number of rotatable bonds is 6. The van der Waals surface area contributed by atoms with E-state index in [2.05, 4.69) is 0 Å². The Morgan fingerprint density at radius 2 is 2.05 bits per heavy atom. The Hall–Kier alpha value is -1.75. The lowest BCUT2D eigenvalue weighted by atomic mass is 9.98. The number of amides is 1. The Morgan fingerprint density at radius 1 is 1.35 bits per heavy atom. The Kier molecular flexibility index (Phi) is 4.84. The molecule has 1 fully saturated rings. The van der Waals surface area contributed by atoms with Gasteiger partial charge in [-0.25, -0.2) is 0 Å². The summed E-state index contributed by atoms with van der Waals surface area (Å²) in [5.41, 5.74) is 11.8. The zero-order chi connectivity index (χ0) is 14.5. The molecule has 0 radical (unpaired) electrons. The Labute approximate surface area is 119 Å². The van der Waals surface area contributed by atoms with Crippen molar-refractivity contribution in [2.75, 3.05) is 13.7 Å². The first kappa shape index (κ1) is 14.7. The van der Waals surface area contributed by atoms with Crippen molar-refractivity contribution in [1.82, 2.24) is 0 Å². The van der Waals surface area contributed by atoms with Gasteiger partial charge in [-0.2, -0.15) is 0 Å². The van der Waals surface area contributed by atoms with Gasteiger partial charge in [0, 0.05) is 6.54 Å². The van der Waals surface area contributed by atoms with Crippen molar-refractivity contribution < 1.29 is 14.3 Å². The van der Waals surface area contributed by atoms with Crippen LogP contribution in [0, 0.1) is 0 Å². The largest absolute Gasteiger partial charge is 0.493 e. The molecule has 1 aromatic rings. The van der Waals surface area contributed by atoms with Gasteiger partial charge in [-0.15, -0.1) is 0 Å². The highest BCUT2D eigenvalue weighted by Gasteiger charge is 2.21. The third kappa shape index (κ3) is 3.22. The van der Waals surface area contributed by atoms with Gasteiger partial charge in [0.25, 0.3) is 0 Å². The highest BCUT2D eigenvalue weighted by atomic mass is 16.5. The molecule has 1 aliphatic rings. The van der Waals surface area contributed by atoms with Gasteiger partial charge in [0.15, 0.2) is 11.5 Å². The Morgan fingerprint density at radius 3 is 2.60 bits per heavy atom. The quantitative estimate of drug-likeness (QED) is 0.826. The van der Waals surface area contributed by atoms with E-state index in [1.807, 2.05) is 12.1 Å². The zero-order valence-corrected chi connectivity index (χ0v) is 11.8. The molecule has 1 amide bonds. The van der Waals surface area contributed by atoms with E-state index in [9.17, 15) is 4.79 Å². The maximum atomic E-state index is 11.4. The van der Waals surface area contributed by atoms with E-state index in [0.717, 1.165) is 18.4 Å². The molecule has 1 unspecified atom stereocenters. The summed E-state index contributed by atoms with van der Waals surface area (Å²) in [7, 11) is 1.60. The normalized spacial score (nSPS) is 16.9. The fourth-order valence-electron chi connectivity index (χ4n) is 2.60. The lowest BCUT2D eigenvalue weighted by Crippen LogP contribution is -2.27. The van der Waals surface area contributed by atoms with Crippen LogP contribution < -0.4 is 20.9 Å². The molecule has 4 N–H and O–H groups in total.